The highest BCUT2D eigenvalue weighted by Crippen LogP contribution is 2.20. The lowest BCUT2D eigenvalue weighted by atomic mass is 10.1. The van der Waals surface area contributed by atoms with Crippen LogP contribution in [0.15, 0.2) is 59.4 Å². The Morgan fingerprint density at radius 2 is 2.09 bits per heavy atom. The van der Waals surface area contributed by atoms with Crippen LogP contribution in [0.3, 0.4) is 0 Å². The monoisotopic (exact) mass is 311 g/mol. The molecule has 3 aromatic rings. The number of hydrogen-bond donors (Lipinski definition) is 1. The summed E-state index contributed by atoms with van der Waals surface area (Å²) in [5.41, 5.74) is 1.27. The van der Waals surface area contributed by atoms with E-state index in [2.05, 4.69) is 15.5 Å². The first-order chi connectivity index (χ1) is 11.1. The van der Waals surface area contributed by atoms with Gasteiger partial charge in [0, 0.05) is 29.6 Å². The van der Waals surface area contributed by atoms with Crippen LogP contribution in [0.2, 0.25) is 0 Å². The summed E-state index contributed by atoms with van der Waals surface area (Å²) in [7, 11) is 0. The average molecular weight is 311 g/mol. The highest BCUT2D eigenvalue weighted by molar-refractivity contribution is 5.93. The molecule has 5 nitrogen and oxygen atoms in total. The van der Waals surface area contributed by atoms with E-state index in [1.165, 1.54) is 12.1 Å². The van der Waals surface area contributed by atoms with Gasteiger partial charge in [-0.15, -0.1) is 0 Å². The molecule has 0 spiro atoms. The van der Waals surface area contributed by atoms with Crippen molar-refractivity contribution < 1.29 is 13.7 Å². The Kier molecular flexibility index (Phi) is 4.14. The molecule has 0 saturated carbocycles. The molecule has 0 aliphatic carbocycles. The Morgan fingerprint density at radius 3 is 2.83 bits per heavy atom. The van der Waals surface area contributed by atoms with E-state index in [4.69, 9.17) is 4.52 Å². The first-order valence-electron chi connectivity index (χ1n) is 7.07. The fraction of sp³-hybridized carbons (Fsp3) is 0.118. The molecule has 1 N–H and O–H groups in total. The van der Waals surface area contributed by atoms with Crippen molar-refractivity contribution in [1.82, 2.24) is 15.5 Å². The van der Waals surface area contributed by atoms with Crippen LogP contribution >= 0.6 is 0 Å². The van der Waals surface area contributed by atoms with Crippen molar-refractivity contribution in [3.05, 3.63) is 71.9 Å². The molecule has 3 rings (SSSR count). The van der Waals surface area contributed by atoms with E-state index in [0.29, 0.717) is 11.3 Å². The van der Waals surface area contributed by atoms with Crippen molar-refractivity contribution in [2.24, 2.45) is 0 Å². The fourth-order valence-electron chi connectivity index (χ4n) is 2.20. The minimum Gasteiger partial charge on any atom is -0.355 e. The molecular formula is C17H14FN3O2. The quantitative estimate of drug-likeness (QED) is 0.802. The van der Waals surface area contributed by atoms with Gasteiger partial charge in [0.1, 0.15) is 5.82 Å². The zero-order valence-electron chi connectivity index (χ0n) is 12.4. The molecule has 0 unspecified atom stereocenters. The normalized spacial score (nSPS) is 11.9. The molecule has 23 heavy (non-hydrogen) atoms. The zero-order chi connectivity index (χ0) is 16.2. The largest absolute Gasteiger partial charge is 0.355 e. The second-order valence-electron chi connectivity index (χ2n) is 5.03. The molecule has 1 amide bonds. The maximum Gasteiger partial charge on any atom is 0.273 e. The van der Waals surface area contributed by atoms with Gasteiger partial charge in [-0.3, -0.25) is 9.78 Å². The predicted octanol–water partition coefficient (Wildman–Crippen LogP) is 3.37. The van der Waals surface area contributed by atoms with E-state index in [9.17, 15) is 9.18 Å². The van der Waals surface area contributed by atoms with Crippen LogP contribution in [0.1, 0.15) is 29.0 Å². The molecular weight excluding hydrogens is 297 g/mol. The Morgan fingerprint density at radius 1 is 1.26 bits per heavy atom. The summed E-state index contributed by atoms with van der Waals surface area (Å²) in [5, 5.41) is 6.45. The van der Waals surface area contributed by atoms with Gasteiger partial charge in [-0.2, -0.15) is 0 Å². The number of nitrogens with zero attached hydrogens (tertiary/aromatic N) is 2. The molecule has 0 bridgehead atoms. The lowest BCUT2D eigenvalue weighted by Crippen LogP contribution is -2.27. The van der Waals surface area contributed by atoms with Gasteiger partial charge in [0.05, 0.1) is 6.04 Å². The number of benzene rings is 1. The molecule has 0 aliphatic rings. The van der Waals surface area contributed by atoms with E-state index < -0.39 is 11.9 Å². The number of carbonyl (C=O) groups is 1. The van der Waals surface area contributed by atoms with Crippen molar-refractivity contribution in [2.75, 3.05) is 0 Å². The molecule has 0 saturated heterocycles. The molecule has 0 radical (unpaired) electrons. The lowest BCUT2D eigenvalue weighted by molar-refractivity contribution is 0.0930. The number of rotatable bonds is 4. The van der Waals surface area contributed by atoms with Crippen LogP contribution < -0.4 is 5.32 Å². The number of aromatic nitrogens is 2. The van der Waals surface area contributed by atoms with Gasteiger partial charge in [0.2, 0.25) is 0 Å². The summed E-state index contributed by atoms with van der Waals surface area (Å²) in [6.07, 6.45) is 3.26. The van der Waals surface area contributed by atoms with Crippen LogP contribution in [-0.2, 0) is 0 Å². The van der Waals surface area contributed by atoms with Crippen molar-refractivity contribution in [1.29, 1.82) is 0 Å². The molecule has 0 fully saturated rings. The molecule has 1 aromatic carbocycles. The smallest absolute Gasteiger partial charge is 0.273 e. The Balaban J connectivity index is 1.74. The van der Waals surface area contributed by atoms with Crippen LogP contribution in [0.5, 0.6) is 0 Å². The minimum atomic E-state index is -0.484. The first kappa shape index (κ1) is 14.9. The average Bonchev–Trinajstić information content (AvgIpc) is 3.06. The Hall–Kier alpha value is -3.02. The molecule has 116 valence electrons. The third-order valence-corrected chi connectivity index (χ3v) is 3.41. The molecule has 0 aliphatic heterocycles. The van der Waals surface area contributed by atoms with E-state index in [0.717, 1.165) is 5.56 Å². The molecule has 2 heterocycles. The predicted molar refractivity (Wildman–Crippen MR) is 82.0 cm³/mol. The summed E-state index contributed by atoms with van der Waals surface area (Å²) in [6, 6.07) is 10.9. The van der Waals surface area contributed by atoms with E-state index in [1.807, 2.05) is 0 Å². The minimum absolute atomic E-state index is 0.132. The highest BCUT2D eigenvalue weighted by Gasteiger charge is 2.18. The third kappa shape index (κ3) is 3.26. The third-order valence-electron chi connectivity index (χ3n) is 3.41. The summed E-state index contributed by atoms with van der Waals surface area (Å²) in [4.78, 5) is 16.2. The second-order valence-corrected chi connectivity index (χ2v) is 5.03. The molecule has 1 atom stereocenters. The van der Waals surface area contributed by atoms with Gasteiger partial charge in [0.25, 0.3) is 5.91 Å². The number of pyridine rings is 1. The van der Waals surface area contributed by atoms with Gasteiger partial charge in [-0.1, -0.05) is 23.4 Å². The van der Waals surface area contributed by atoms with E-state index in [1.54, 1.807) is 49.6 Å². The maximum absolute atomic E-state index is 13.7. The summed E-state index contributed by atoms with van der Waals surface area (Å²) < 4.78 is 18.9. The van der Waals surface area contributed by atoms with Crippen LogP contribution in [0.4, 0.5) is 4.39 Å². The SMILES string of the molecule is C[C@@H](NC(=O)c1cc(-c2cccnc2)on1)c1ccccc1F. The fourth-order valence-corrected chi connectivity index (χ4v) is 2.20. The lowest BCUT2D eigenvalue weighted by Gasteiger charge is -2.13. The summed E-state index contributed by atoms with van der Waals surface area (Å²) in [6.45, 7) is 1.71. The van der Waals surface area contributed by atoms with Gasteiger partial charge >= 0.3 is 0 Å². The van der Waals surface area contributed by atoms with Crippen molar-refractivity contribution in [3.8, 4) is 11.3 Å². The van der Waals surface area contributed by atoms with Gasteiger partial charge in [-0.05, 0) is 25.1 Å². The second kappa shape index (κ2) is 6.39. The first-order valence-corrected chi connectivity index (χ1v) is 7.07. The maximum atomic E-state index is 13.7. The number of nitrogens with one attached hydrogen (secondary N) is 1. The molecule has 2 aromatic heterocycles. The van der Waals surface area contributed by atoms with Gasteiger partial charge in [0.15, 0.2) is 11.5 Å². The van der Waals surface area contributed by atoms with Crippen LogP contribution in [0.25, 0.3) is 11.3 Å². The van der Waals surface area contributed by atoms with Crippen molar-refractivity contribution in [3.63, 3.8) is 0 Å². The summed E-state index contributed by atoms with van der Waals surface area (Å²) >= 11 is 0. The standard InChI is InChI=1S/C17H14FN3O2/c1-11(13-6-2-3-7-14(13)18)20-17(22)15-9-16(23-21-15)12-5-4-8-19-10-12/h2-11H,1H3,(H,20,22)/t11-/m1/s1. The van der Waals surface area contributed by atoms with E-state index >= 15 is 0 Å². The summed E-state index contributed by atoms with van der Waals surface area (Å²) in [5.74, 6) is -0.349. The topological polar surface area (TPSA) is 68.0 Å². The zero-order valence-corrected chi connectivity index (χ0v) is 12.4. The molecule has 6 heteroatoms. The number of carbonyl (C=O) groups excluding carboxylic acids is 1. The van der Waals surface area contributed by atoms with Crippen LogP contribution in [0, 0.1) is 5.82 Å². The number of hydrogen-bond acceptors (Lipinski definition) is 4. The highest BCUT2D eigenvalue weighted by atomic mass is 19.1. The van der Waals surface area contributed by atoms with Crippen molar-refractivity contribution in [2.45, 2.75) is 13.0 Å². The van der Waals surface area contributed by atoms with Gasteiger partial charge < -0.3 is 9.84 Å². The number of halogens is 1. The Labute approximate surface area is 132 Å². The van der Waals surface area contributed by atoms with Gasteiger partial charge in [-0.25, -0.2) is 4.39 Å². The van der Waals surface area contributed by atoms with E-state index in [-0.39, 0.29) is 11.5 Å². The van der Waals surface area contributed by atoms with Crippen LogP contribution in [-0.4, -0.2) is 16.0 Å². The Bertz CT molecular complexity index is 817. The van der Waals surface area contributed by atoms with Crippen molar-refractivity contribution >= 4 is 5.91 Å². The number of amides is 1.